The van der Waals surface area contributed by atoms with Gasteiger partial charge in [-0.2, -0.15) is 0 Å². The number of aliphatic hydroxyl groups excluding tert-OH is 1. The highest BCUT2D eigenvalue weighted by molar-refractivity contribution is 5.72. The van der Waals surface area contributed by atoms with Gasteiger partial charge in [0.25, 0.3) is 0 Å². The first-order chi connectivity index (χ1) is 13.6. The van der Waals surface area contributed by atoms with Crippen molar-refractivity contribution < 1.29 is 28.9 Å². The van der Waals surface area contributed by atoms with E-state index in [0.717, 1.165) is 31.2 Å². The van der Waals surface area contributed by atoms with Crippen LogP contribution in [-0.4, -0.2) is 60.6 Å². The molecule has 2 fully saturated rings. The molecule has 1 amide bonds. The average molecular weight is 391 g/mol. The summed E-state index contributed by atoms with van der Waals surface area (Å²) in [4.78, 5) is 25.6. The molecule has 154 valence electrons. The summed E-state index contributed by atoms with van der Waals surface area (Å²) in [6.07, 6.45) is 2.68. The maximum absolute atomic E-state index is 12.5. The SMILES string of the molecule is COC(=O)[C@H]1CC[C@@H](OC[C@@H]2C[C@@H](O)CN2C(=O)OCc2ccccc2)CC1. The number of esters is 1. The van der Waals surface area contributed by atoms with Crippen LogP contribution in [0, 0.1) is 5.92 Å². The van der Waals surface area contributed by atoms with Gasteiger partial charge in [-0.05, 0) is 37.7 Å². The Bertz CT molecular complexity index is 644. The predicted molar refractivity (Wildman–Crippen MR) is 101 cm³/mol. The lowest BCUT2D eigenvalue weighted by Gasteiger charge is -2.29. The number of methoxy groups -OCH3 is 1. The van der Waals surface area contributed by atoms with Crippen LogP contribution in [0.5, 0.6) is 0 Å². The number of carbonyl (C=O) groups is 2. The monoisotopic (exact) mass is 391 g/mol. The molecule has 1 aliphatic carbocycles. The Hall–Kier alpha value is -2.12. The number of likely N-dealkylation sites (tertiary alicyclic amines) is 1. The molecule has 0 radical (unpaired) electrons. The molecule has 1 heterocycles. The van der Waals surface area contributed by atoms with Gasteiger partial charge in [-0.15, -0.1) is 0 Å². The van der Waals surface area contributed by atoms with Crippen LogP contribution in [0.4, 0.5) is 4.79 Å². The Morgan fingerprint density at radius 3 is 2.54 bits per heavy atom. The van der Waals surface area contributed by atoms with Crippen molar-refractivity contribution in [3.63, 3.8) is 0 Å². The molecule has 1 aromatic carbocycles. The molecule has 2 aliphatic rings. The fourth-order valence-corrected chi connectivity index (χ4v) is 3.95. The zero-order valence-corrected chi connectivity index (χ0v) is 16.3. The lowest BCUT2D eigenvalue weighted by atomic mass is 9.87. The second-order valence-corrected chi connectivity index (χ2v) is 7.57. The number of amides is 1. The van der Waals surface area contributed by atoms with Crippen LogP contribution in [-0.2, 0) is 25.6 Å². The molecule has 0 aromatic heterocycles. The Kier molecular flexibility index (Phi) is 7.28. The summed E-state index contributed by atoms with van der Waals surface area (Å²) in [5, 5.41) is 10.0. The van der Waals surface area contributed by atoms with E-state index in [1.54, 1.807) is 4.90 Å². The summed E-state index contributed by atoms with van der Waals surface area (Å²) < 4.78 is 16.2. The summed E-state index contributed by atoms with van der Waals surface area (Å²) in [5.41, 5.74) is 0.922. The zero-order chi connectivity index (χ0) is 19.9. The van der Waals surface area contributed by atoms with Crippen molar-refractivity contribution in [3.05, 3.63) is 35.9 Å². The molecule has 1 saturated carbocycles. The van der Waals surface area contributed by atoms with Gasteiger partial charge in [-0.25, -0.2) is 4.79 Å². The minimum Gasteiger partial charge on any atom is -0.469 e. The van der Waals surface area contributed by atoms with Gasteiger partial charge >= 0.3 is 12.1 Å². The number of carbonyl (C=O) groups excluding carboxylic acids is 2. The number of ether oxygens (including phenoxy) is 3. The molecule has 28 heavy (non-hydrogen) atoms. The van der Waals surface area contributed by atoms with Crippen molar-refractivity contribution in [2.24, 2.45) is 5.92 Å². The first-order valence-corrected chi connectivity index (χ1v) is 9.91. The van der Waals surface area contributed by atoms with E-state index >= 15 is 0 Å². The molecule has 7 heteroatoms. The summed E-state index contributed by atoms with van der Waals surface area (Å²) in [7, 11) is 1.42. The van der Waals surface area contributed by atoms with Gasteiger partial charge in [0.05, 0.1) is 44.4 Å². The van der Waals surface area contributed by atoms with Crippen LogP contribution < -0.4 is 0 Å². The third-order valence-corrected chi connectivity index (χ3v) is 5.57. The van der Waals surface area contributed by atoms with E-state index in [-0.39, 0.29) is 37.2 Å². The van der Waals surface area contributed by atoms with E-state index < -0.39 is 12.2 Å². The normalized spacial score (nSPS) is 27.4. The third kappa shape index (κ3) is 5.45. The molecule has 0 bridgehead atoms. The van der Waals surface area contributed by atoms with Crippen molar-refractivity contribution in [2.75, 3.05) is 20.3 Å². The summed E-state index contributed by atoms with van der Waals surface area (Å²) >= 11 is 0. The standard InChI is InChI=1S/C21H29NO6/c1-26-20(24)16-7-9-19(10-8-16)27-14-17-11-18(23)12-22(17)21(25)28-13-15-5-3-2-4-6-15/h2-6,16-19,23H,7-14H2,1H3/t16-,17-,18+,19+/m0/s1. The van der Waals surface area contributed by atoms with Crippen molar-refractivity contribution in [1.29, 1.82) is 0 Å². The van der Waals surface area contributed by atoms with Gasteiger partial charge in [-0.1, -0.05) is 30.3 Å². The fraction of sp³-hybridized carbons (Fsp3) is 0.619. The van der Waals surface area contributed by atoms with Crippen LogP contribution in [0.25, 0.3) is 0 Å². The molecule has 2 atom stereocenters. The number of hydrogen-bond acceptors (Lipinski definition) is 6. The molecule has 1 aromatic rings. The van der Waals surface area contributed by atoms with Crippen molar-refractivity contribution in [3.8, 4) is 0 Å². The number of hydrogen-bond donors (Lipinski definition) is 1. The number of β-amino-alcohol motifs (C(OH)–C–C–N with tert-alkyl or cyclic N) is 1. The predicted octanol–water partition coefficient (Wildman–Crippen LogP) is 2.51. The Morgan fingerprint density at radius 2 is 1.86 bits per heavy atom. The topological polar surface area (TPSA) is 85.3 Å². The first-order valence-electron chi connectivity index (χ1n) is 9.91. The maximum atomic E-state index is 12.5. The summed E-state index contributed by atoms with van der Waals surface area (Å²) in [5.74, 6) is -0.188. The molecule has 1 saturated heterocycles. The molecule has 0 spiro atoms. The second-order valence-electron chi connectivity index (χ2n) is 7.57. The van der Waals surface area contributed by atoms with E-state index in [4.69, 9.17) is 14.2 Å². The summed E-state index contributed by atoms with van der Waals surface area (Å²) in [6.45, 7) is 0.833. The van der Waals surface area contributed by atoms with E-state index in [1.807, 2.05) is 30.3 Å². The average Bonchev–Trinajstić information content (AvgIpc) is 3.11. The first kappa shape index (κ1) is 20.6. The van der Waals surface area contributed by atoms with E-state index in [9.17, 15) is 14.7 Å². The number of aliphatic hydroxyl groups is 1. The molecule has 7 nitrogen and oxygen atoms in total. The molecular weight excluding hydrogens is 362 g/mol. The van der Waals surface area contributed by atoms with E-state index in [1.165, 1.54) is 7.11 Å². The van der Waals surface area contributed by atoms with E-state index in [2.05, 4.69) is 0 Å². The Balaban J connectivity index is 1.45. The third-order valence-electron chi connectivity index (χ3n) is 5.57. The fourth-order valence-electron chi connectivity index (χ4n) is 3.95. The smallest absolute Gasteiger partial charge is 0.410 e. The van der Waals surface area contributed by atoms with Crippen molar-refractivity contribution >= 4 is 12.1 Å². The van der Waals surface area contributed by atoms with Gasteiger partial charge in [0.15, 0.2) is 0 Å². The molecule has 3 rings (SSSR count). The zero-order valence-electron chi connectivity index (χ0n) is 16.3. The maximum Gasteiger partial charge on any atom is 0.410 e. The highest BCUT2D eigenvalue weighted by Crippen LogP contribution is 2.28. The van der Waals surface area contributed by atoms with Gasteiger partial charge in [0, 0.05) is 0 Å². The van der Waals surface area contributed by atoms with Crippen molar-refractivity contribution in [2.45, 2.75) is 57.0 Å². The van der Waals surface area contributed by atoms with Crippen LogP contribution in [0.2, 0.25) is 0 Å². The van der Waals surface area contributed by atoms with Gasteiger partial charge in [0.2, 0.25) is 0 Å². The second kappa shape index (κ2) is 9.89. The highest BCUT2D eigenvalue weighted by atomic mass is 16.6. The van der Waals surface area contributed by atoms with Crippen LogP contribution in [0.15, 0.2) is 30.3 Å². The van der Waals surface area contributed by atoms with Crippen LogP contribution in [0.1, 0.15) is 37.7 Å². The lowest BCUT2D eigenvalue weighted by molar-refractivity contribution is -0.147. The molecular formula is C21H29NO6. The van der Waals surface area contributed by atoms with Gasteiger partial charge in [-0.3, -0.25) is 4.79 Å². The van der Waals surface area contributed by atoms with Gasteiger partial charge < -0.3 is 24.2 Å². The highest BCUT2D eigenvalue weighted by Gasteiger charge is 2.36. The van der Waals surface area contributed by atoms with Crippen LogP contribution in [0.3, 0.4) is 0 Å². The number of rotatable bonds is 6. The minimum atomic E-state index is -0.562. The molecule has 0 unspecified atom stereocenters. The number of nitrogens with zero attached hydrogens (tertiary/aromatic N) is 1. The Morgan fingerprint density at radius 1 is 1.14 bits per heavy atom. The van der Waals surface area contributed by atoms with E-state index in [0.29, 0.717) is 13.0 Å². The largest absolute Gasteiger partial charge is 0.469 e. The van der Waals surface area contributed by atoms with Gasteiger partial charge in [0.1, 0.15) is 6.61 Å². The molecule has 1 aliphatic heterocycles. The molecule has 1 N–H and O–H groups in total. The Labute approximate surface area is 165 Å². The van der Waals surface area contributed by atoms with Crippen molar-refractivity contribution in [1.82, 2.24) is 4.90 Å². The summed E-state index contributed by atoms with van der Waals surface area (Å²) in [6, 6.07) is 9.31. The quantitative estimate of drug-likeness (QED) is 0.750. The van der Waals surface area contributed by atoms with Crippen LogP contribution >= 0.6 is 0 Å². The minimum absolute atomic E-state index is 0.0392. The number of benzene rings is 1. The lowest BCUT2D eigenvalue weighted by Crippen LogP contribution is -2.40.